The predicted octanol–water partition coefficient (Wildman–Crippen LogP) is 5.94. The van der Waals surface area contributed by atoms with Crippen LogP contribution in [0.25, 0.3) is 0 Å². The zero-order chi connectivity index (χ0) is 29.7. The number of sulfonamides is 1. The van der Waals surface area contributed by atoms with Gasteiger partial charge in [-0.2, -0.15) is 0 Å². The maximum absolute atomic E-state index is 14.2. The number of rotatable bonds is 10. The number of carbonyl (C=O) groups excluding carboxylic acids is 2. The van der Waals surface area contributed by atoms with E-state index >= 15 is 0 Å². The maximum Gasteiger partial charge on any atom is 0.264 e. The number of nitrogens with one attached hydrogen (secondary N) is 1. The molecule has 0 radical (unpaired) electrons. The molecule has 0 heterocycles. The summed E-state index contributed by atoms with van der Waals surface area (Å²) in [5, 5.41) is 3.54. The predicted molar refractivity (Wildman–Crippen MR) is 163 cm³/mol. The van der Waals surface area contributed by atoms with Crippen LogP contribution in [-0.4, -0.2) is 43.8 Å². The van der Waals surface area contributed by atoms with Crippen molar-refractivity contribution >= 4 is 39.1 Å². The van der Waals surface area contributed by atoms with Crippen LogP contribution < -0.4 is 9.62 Å². The first-order valence-electron chi connectivity index (χ1n) is 14.0. The molecule has 7 nitrogen and oxygen atoms in total. The summed E-state index contributed by atoms with van der Waals surface area (Å²) >= 11 is 6.46. The van der Waals surface area contributed by atoms with Crippen LogP contribution in [-0.2, 0) is 26.2 Å². The van der Waals surface area contributed by atoms with Crippen molar-refractivity contribution < 1.29 is 18.0 Å². The largest absolute Gasteiger partial charge is 0.352 e. The molecule has 2 amide bonds. The van der Waals surface area contributed by atoms with E-state index in [0.29, 0.717) is 16.3 Å². The van der Waals surface area contributed by atoms with Crippen molar-refractivity contribution in [3.05, 3.63) is 94.0 Å². The van der Waals surface area contributed by atoms with Gasteiger partial charge >= 0.3 is 0 Å². The van der Waals surface area contributed by atoms with Crippen LogP contribution in [0.1, 0.15) is 54.9 Å². The van der Waals surface area contributed by atoms with E-state index in [9.17, 15) is 18.0 Å². The first-order chi connectivity index (χ1) is 19.5. The molecule has 0 saturated heterocycles. The van der Waals surface area contributed by atoms with Gasteiger partial charge in [0.25, 0.3) is 10.0 Å². The van der Waals surface area contributed by atoms with Crippen molar-refractivity contribution in [3.8, 4) is 0 Å². The summed E-state index contributed by atoms with van der Waals surface area (Å²) in [6.45, 7) is 6.88. The van der Waals surface area contributed by atoms with Gasteiger partial charge in [0.05, 0.1) is 10.6 Å². The fourth-order valence-corrected chi connectivity index (χ4v) is 6.81. The summed E-state index contributed by atoms with van der Waals surface area (Å²) < 4.78 is 29.3. The van der Waals surface area contributed by atoms with Crippen LogP contribution in [0.2, 0.25) is 5.02 Å². The van der Waals surface area contributed by atoms with Crippen molar-refractivity contribution in [2.24, 2.45) is 0 Å². The minimum atomic E-state index is -4.13. The van der Waals surface area contributed by atoms with Crippen molar-refractivity contribution in [1.82, 2.24) is 10.2 Å². The second-order valence-electron chi connectivity index (χ2n) is 10.8. The number of carbonyl (C=O) groups is 2. The van der Waals surface area contributed by atoms with Gasteiger partial charge in [0, 0.05) is 17.6 Å². The molecule has 0 bridgehead atoms. The Morgan fingerprint density at radius 3 is 2.27 bits per heavy atom. The van der Waals surface area contributed by atoms with Crippen LogP contribution in [0.5, 0.6) is 0 Å². The molecule has 41 heavy (non-hydrogen) atoms. The van der Waals surface area contributed by atoms with E-state index in [4.69, 9.17) is 11.6 Å². The van der Waals surface area contributed by atoms with Crippen LogP contribution >= 0.6 is 11.6 Å². The molecule has 1 atom stereocenters. The minimum absolute atomic E-state index is 0.0585. The summed E-state index contributed by atoms with van der Waals surface area (Å²) in [5.41, 5.74) is 3.66. The molecule has 9 heteroatoms. The van der Waals surface area contributed by atoms with Gasteiger partial charge in [-0.25, -0.2) is 8.42 Å². The Hall–Kier alpha value is -3.36. The van der Waals surface area contributed by atoms with E-state index in [0.717, 1.165) is 46.7 Å². The molecular weight excluding hydrogens is 558 g/mol. The Morgan fingerprint density at radius 1 is 0.951 bits per heavy atom. The molecule has 3 aromatic rings. The molecule has 0 aromatic heterocycles. The zero-order valence-electron chi connectivity index (χ0n) is 24.1. The molecule has 1 aliphatic rings. The fourth-order valence-electron chi connectivity index (χ4n) is 5.14. The Morgan fingerprint density at radius 2 is 1.61 bits per heavy atom. The topological polar surface area (TPSA) is 86.8 Å². The molecule has 1 aliphatic carbocycles. The lowest BCUT2D eigenvalue weighted by atomic mass is 10.1. The van der Waals surface area contributed by atoms with E-state index in [-0.39, 0.29) is 23.4 Å². The molecule has 4 rings (SSSR count). The number of amides is 2. The third-order valence-electron chi connectivity index (χ3n) is 7.90. The third-order valence-corrected chi connectivity index (χ3v) is 10.0. The van der Waals surface area contributed by atoms with Crippen molar-refractivity contribution in [3.63, 3.8) is 0 Å². The number of aryl methyl sites for hydroxylation is 2. The van der Waals surface area contributed by atoms with Gasteiger partial charge in [0.2, 0.25) is 11.8 Å². The molecule has 218 valence electrons. The molecule has 1 saturated carbocycles. The van der Waals surface area contributed by atoms with E-state index in [2.05, 4.69) is 5.32 Å². The van der Waals surface area contributed by atoms with Gasteiger partial charge in [-0.1, -0.05) is 72.5 Å². The summed E-state index contributed by atoms with van der Waals surface area (Å²) in [4.78, 5) is 29.0. The number of halogens is 1. The lowest BCUT2D eigenvalue weighted by molar-refractivity contribution is -0.139. The molecule has 0 spiro atoms. The van der Waals surface area contributed by atoms with Crippen LogP contribution in [0, 0.1) is 20.8 Å². The number of anilines is 1. The number of benzene rings is 3. The van der Waals surface area contributed by atoms with Gasteiger partial charge < -0.3 is 10.2 Å². The minimum Gasteiger partial charge on any atom is -0.352 e. The first kappa shape index (κ1) is 30.6. The highest BCUT2D eigenvalue weighted by Gasteiger charge is 2.34. The first-order valence-corrected chi connectivity index (χ1v) is 15.8. The molecule has 1 N–H and O–H groups in total. The lowest BCUT2D eigenvalue weighted by Crippen LogP contribution is -2.52. The highest BCUT2D eigenvalue weighted by molar-refractivity contribution is 7.92. The monoisotopic (exact) mass is 595 g/mol. The number of hydrogen-bond donors (Lipinski definition) is 1. The van der Waals surface area contributed by atoms with Crippen LogP contribution in [0.15, 0.2) is 71.6 Å². The average Bonchev–Trinajstić information content (AvgIpc) is 3.45. The van der Waals surface area contributed by atoms with E-state index in [1.807, 2.05) is 32.9 Å². The fraction of sp³-hybridized carbons (Fsp3) is 0.375. The Kier molecular flexibility index (Phi) is 9.76. The van der Waals surface area contributed by atoms with E-state index in [1.165, 1.54) is 4.90 Å². The molecular formula is C32H38ClN3O4S. The quantitative estimate of drug-likeness (QED) is 0.314. The SMILES string of the molecule is Cc1ccc(S(=O)(=O)N(CC(=O)N(Cc2ccccc2Cl)[C@@H](C)C(=O)NC2CCCC2)c2cccc(C)c2C)cc1. The highest BCUT2D eigenvalue weighted by atomic mass is 35.5. The van der Waals surface area contributed by atoms with E-state index in [1.54, 1.807) is 61.5 Å². The third kappa shape index (κ3) is 7.11. The highest BCUT2D eigenvalue weighted by Crippen LogP contribution is 2.30. The number of hydrogen-bond acceptors (Lipinski definition) is 4. The van der Waals surface area contributed by atoms with Crippen LogP contribution in [0.3, 0.4) is 0 Å². The van der Waals surface area contributed by atoms with Gasteiger partial charge in [-0.15, -0.1) is 0 Å². The Balaban J connectivity index is 1.73. The van der Waals surface area contributed by atoms with Gasteiger partial charge in [0.1, 0.15) is 12.6 Å². The summed E-state index contributed by atoms with van der Waals surface area (Å²) in [6.07, 6.45) is 3.94. The zero-order valence-corrected chi connectivity index (χ0v) is 25.6. The summed E-state index contributed by atoms with van der Waals surface area (Å²) in [6, 6.07) is 18.3. The normalized spacial score (nSPS) is 14.5. The van der Waals surface area contributed by atoms with Gasteiger partial charge in [-0.3, -0.25) is 13.9 Å². The smallest absolute Gasteiger partial charge is 0.264 e. The second kappa shape index (κ2) is 13.1. The maximum atomic E-state index is 14.2. The van der Waals surface area contributed by atoms with Gasteiger partial charge in [0.15, 0.2) is 0 Å². The van der Waals surface area contributed by atoms with Crippen molar-refractivity contribution in [2.75, 3.05) is 10.8 Å². The Labute approximate surface area is 248 Å². The van der Waals surface area contributed by atoms with Gasteiger partial charge in [-0.05, 0) is 81.5 Å². The van der Waals surface area contributed by atoms with Crippen molar-refractivity contribution in [2.45, 2.75) is 76.9 Å². The second-order valence-corrected chi connectivity index (χ2v) is 13.1. The molecule has 0 unspecified atom stereocenters. The van der Waals surface area contributed by atoms with E-state index < -0.39 is 28.5 Å². The molecule has 0 aliphatic heterocycles. The molecule has 3 aromatic carbocycles. The molecule has 1 fully saturated rings. The van der Waals surface area contributed by atoms with Crippen molar-refractivity contribution in [1.29, 1.82) is 0 Å². The number of nitrogens with zero attached hydrogens (tertiary/aromatic N) is 2. The average molecular weight is 596 g/mol. The van der Waals surface area contributed by atoms with Crippen LogP contribution in [0.4, 0.5) is 5.69 Å². The standard InChI is InChI=1S/C32H38ClN3O4S/c1-22-16-18-28(19-17-22)41(39,40)36(30-15-9-10-23(2)24(30)3)21-31(37)35(20-26-11-5-8-14-29(26)33)25(4)32(38)34-27-12-6-7-13-27/h5,8-11,14-19,25,27H,6-7,12-13,20-21H2,1-4H3,(H,34,38)/t25-/m0/s1. The summed E-state index contributed by atoms with van der Waals surface area (Å²) in [5.74, 6) is -0.771. The summed E-state index contributed by atoms with van der Waals surface area (Å²) in [7, 11) is -4.13. The Bertz CT molecular complexity index is 1500. The lowest BCUT2D eigenvalue weighted by Gasteiger charge is -2.33.